The van der Waals surface area contributed by atoms with E-state index in [-0.39, 0.29) is 17.1 Å². The lowest BCUT2D eigenvalue weighted by atomic mass is 9.98. The molecule has 0 saturated carbocycles. The van der Waals surface area contributed by atoms with Crippen molar-refractivity contribution in [2.24, 2.45) is 0 Å². The van der Waals surface area contributed by atoms with Gasteiger partial charge in [0, 0.05) is 19.2 Å². The molecule has 0 spiro atoms. The van der Waals surface area contributed by atoms with Gasteiger partial charge in [-0.15, -0.1) is 0 Å². The van der Waals surface area contributed by atoms with Crippen molar-refractivity contribution in [3.63, 3.8) is 0 Å². The Morgan fingerprint density at radius 2 is 1.90 bits per heavy atom. The first kappa shape index (κ1) is 20.9. The molecule has 0 saturated heterocycles. The molecule has 1 unspecified atom stereocenters. The van der Waals surface area contributed by atoms with Crippen LogP contribution < -0.4 is 14.9 Å². The monoisotopic (exact) mass is 422 g/mol. The summed E-state index contributed by atoms with van der Waals surface area (Å²) < 4.78 is 16.9. The van der Waals surface area contributed by atoms with Crippen LogP contribution in [0.1, 0.15) is 34.6 Å². The summed E-state index contributed by atoms with van der Waals surface area (Å²) in [5.74, 6) is 1.07. The summed E-state index contributed by atoms with van der Waals surface area (Å²) in [7, 11) is 5.48. The number of carbonyl (C=O) groups excluding carboxylic acids is 1. The third-order valence-electron chi connectivity index (χ3n) is 5.45. The van der Waals surface area contributed by atoms with Crippen molar-refractivity contribution in [1.29, 1.82) is 0 Å². The Labute approximate surface area is 180 Å². The first-order valence-corrected chi connectivity index (χ1v) is 10.3. The molecule has 7 heteroatoms. The smallest absolute Gasteiger partial charge is 0.290 e. The van der Waals surface area contributed by atoms with Crippen LogP contribution in [0.3, 0.4) is 0 Å². The van der Waals surface area contributed by atoms with Crippen LogP contribution in [0.25, 0.3) is 11.0 Å². The molecule has 0 fully saturated rings. The minimum absolute atomic E-state index is 0.0951. The lowest BCUT2D eigenvalue weighted by Crippen LogP contribution is -2.35. The second kappa shape index (κ2) is 8.43. The topological polar surface area (TPSA) is 72.2 Å². The van der Waals surface area contributed by atoms with Crippen LogP contribution in [-0.2, 0) is 0 Å². The summed E-state index contributed by atoms with van der Waals surface area (Å²) in [5.41, 5.74) is 1.33. The van der Waals surface area contributed by atoms with E-state index in [1.54, 1.807) is 30.2 Å². The SMILES string of the molecule is CCOc1ccc2c(=O)c3c(oc2c1)C(=O)N(CCN(C)C)C3c1cccc(OC)c1. The van der Waals surface area contributed by atoms with Gasteiger partial charge < -0.3 is 23.7 Å². The minimum atomic E-state index is -0.537. The van der Waals surface area contributed by atoms with E-state index in [2.05, 4.69) is 0 Å². The van der Waals surface area contributed by atoms with Gasteiger partial charge in [-0.2, -0.15) is 0 Å². The van der Waals surface area contributed by atoms with Gasteiger partial charge in [0.15, 0.2) is 5.43 Å². The lowest BCUT2D eigenvalue weighted by Gasteiger charge is -2.26. The molecule has 31 heavy (non-hydrogen) atoms. The molecule has 0 bridgehead atoms. The number of methoxy groups -OCH3 is 1. The second-order valence-corrected chi connectivity index (χ2v) is 7.75. The molecule has 1 aromatic heterocycles. The van der Waals surface area contributed by atoms with Crippen molar-refractivity contribution in [2.75, 3.05) is 40.9 Å². The molecular formula is C24H26N2O5. The van der Waals surface area contributed by atoms with Crippen molar-refractivity contribution in [3.8, 4) is 11.5 Å². The number of hydrogen-bond donors (Lipinski definition) is 0. The van der Waals surface area contributed by atoms with Crippen molar-refractivity contribution in [1.82, 2.24) is 9.80 Å². The molecule has 0 aliphatic carbocycles. The number of rotatable bonds is 7. The van der Waals surface area contributed by atoms with Gasteiger partial charge in [0.25, 0.3) is 5.91 Å². The highest BCUT2D eigenvalue weighted by Crippen LogP contribution is 2.39. The number of ether oxygens (including phenoxy) is 2. The number of hydrogen-bond acceptors (Lipinski definition) is 6. The maximum Gasteiger partial charge on any atom is 0.290 e. The van der Waals surface area contributed by atoms with Crippen molar-refractivity contribution in [2.45, 2.75) is 13.0 Å². The Bertz CT molecular complexity index is 1180. The van der Waals surface area contributed by atoms with Gasteiger partial charge >= 0.3 is 0 Å². The van der Waals surface area contributed by atoms with E-state index in [0.717, 1.165) is 5.56 Å². The van der Waals surface area contributed by atoms with Crippen LogP contribution in [0.4, 0.5) is 0 Å². The summed E-state index contributed by atoms with van der Waals surface area (Å²) in [5, 5.41) is 0.428. The fourth-order valence-electron chi connectivity index (χ4n) is 3.95. The number of nitrogens with zero attached hydrogens (tertiary/aromatic N) is 2. The standard InChI is InChI=1S/C24H26N2O5/c1-5-30-17-9-10-18-19(14-17)31-23-20(22(18)27)21(15-7-6-8-16(13-15)29-4)26(24(23)28)12-11-25(2)3/h6-10,13-14,21H,5,11-12H2,1-4H3. The summed E-state index contributed by atoms with van der Waals surface area (Å²) in [6.45, 7) is 3.49. The molecule has 7 nitrogen and oxygen atoms in total. The minimum Gasteiger partial charge on any atom is -0.497 e. The van der Waals surface area contributed by atoms with E-state index in [9.17, 15) is 9.59 Å². The summed E-state index contributed by atoms with van der Waals surface area (Å²) >= 11 is 0. The van der Waals surface area contributed by atoms with Crippen molar-refractivity contribution < 1.29 is 18.7 Å². The molecule has 4 rings (SSSR count). The van der Waals surface area contributed by atoms with Gasteiger partial charge in [-0.05, 0) is 50.8 Å². The highest BCUT2D eigenvalue weighted by molar-refractivity contribution is 5.99. The van der Waals surface area contributed by atoms with Gasteiger partial charge in [0.05, 0.1) is 30.7 Å². The van der Waals surface area contributed by atoms with Crippen LogP contribution in [0.2, 0.25) is 0 Å². The van der Waals surface area contributed by atoms with Gasteiger partial charge in [-0.1, -0.05) is 12.1 Å². The van der Waals surface area contributed by atoms with Crippen LogP contribution >= 0.6 is 0 Å². The molecule has 3 aromatic rings. The molecule has 1 aliphatic heterocycles. The zero-order valence-corrected chi connectivity index (χ0v) is 18.2. The predicted octanol–water partition coefficient (Wildman–Crippen LogP) is 3.31. The maximum atomic E-state index is 13.5. The molecule has 1 amide bonds. The third-order valence-corrected chi connectivity index (χ3v) is 5.45. The van der Waals surface area contributed by atoms with Crippen LogP contribution in [0.5, 0.6) is 11.5 Å². The van der Waals surface area contributed by atoms with Gasteiger partial charge in [-0.3, -0.25) is 9.59 Å². The van der Waals surface area contributed by atoms with Crippen LogP contribution in [0.15, 0.2) is 51.7 Å². The van der Waals surface area contributed by atoms with E-state index < -0.39 is 6.04 Å². The van der Waals surface area contributed by atoms with E-state index in [0.29, 0.717) is 47.7 Å². The predicted molar refractivity (Wildman–Crippen MR) is 118 cm³/mol. The number of carbonyl (C=O) groups is 1. The van der Waals surface area contributed by atoms with Gasteiger partial charge in [-0.25, -0.2) is 0 Å². The Hall–Kier alpha value is -3.32. The first-order valence-electron chi connectivity index (χ1n) is 10.3. The normalized spacial score (nSPS) is 15.6. The quantitative estimate of drug-likeness (QED) is 0.582. The average Bonchev–Trinajstić information content (AvgIpc) is 3.04. The molecule has 0 N–H and O–H groups in total. The molecular weight excluding hydrogens is 396 g/mol. The largest absolute Gasteiger partial charge is 0.497 e. The third kappa shape index (κ3) is 3.77. The lowest BCUT2D eigenvalue weighted by molar-refractivity contribution is 0.0716. The number of fused-ring (bicyclic) bond motifs is 2. The van der Waals surface area contributed by atoms with E-state index in [1.165, 1.54) is 0 Å². The van der Waals surface area contributed by atoms with E-state index >= 15 is 0 Å². The molecule has 2 heterocycles. The summed E-state index contributed by atoms with van der Waals surface area (Å²) in [4.78, 5) is 30.6. The highest BCUT2D eigenvalue weighted by atomic mass is 16.5. The molecule has 0 radical (unpaired) electrons. The Morgan fingerprint density at radius 3 is 2.61 bits per heavy atom. The average molecular weight is 422 g/mol. The molecule has 1 atom stereocenters. The van der Waals surface area contributed by atoms with E-state index in [4.69, 9.17) is 13.9 Å². The van der Waals surface area contributed by atoms with Crippen molar-refractivity contribution in [3.05, 3.63) is 69.6 Å². The maximum absolute atomic E-state index is 13.5. The number of likely N-dealkylation sites (N-methyl/N-ethyl adjacent to an activating group) is 1. The number of amides is 1. The zero-order chi connectivity index (χ0) is 22.1. The van der Waals surface area contributed by atoms with E-state index in [1.807, 2.05) is 50.2 Å². The molecule has 2 aromatic carbocycles. The van der Waals surface area contributed by atoms with Gasteiger partial charge in [0.2, 0.25) is 5.76 Å². The first-order chi connectivity index (χ1) is 14.9. The van der Waals surface area contributed by atoms with Crippen molar-refractivity contribution >= 4 is 16.9 Å². The molecule has 162 valence electrons. The highest BCUT2D eigenvalue weighted by Gasteiger charge is 2.42. The Kier molecular flexibility index (Phi) is 5.69. The van der Waals surface area contributed by atoms with Crippen LogP contribution in [0, 0.1) is 0 Å². The second-order valence-electron chi connectivity index (χ2n) is 7.75. The molecule has 1 aliphatic rings. The Morgan fingerprint density at radius 1 is 1.10 bits per heavy atom. The van der Waals surface area contributed by atoms with Crippen LogP contribution in [-0.4, -0.2) is 56.6 Å². The number of benzene rings is 2. The fourth-order valence-corrected chi connectivity index (χ4v) is 3.95. The zero-order valence-electron chi connectivity index (χ0n) is 18.2. The van der Waals surface area contributed by atoms with Gasteiger partial charge in [0.1, 0.15) is 17.1 Å². The Balaban J connectivity index is 1.91. The summed E-state index contributed by atoms with van der Waals surface area (Å²) in [6, 6.07) is 12.0. The summed E-state index contributed by atoms with van der Waals surface area (Å²) in [6.07, 6.45) is 0. The fraction of sp³-hybridized carbons (Fsp3) is 0.333.